The molecule has 0 unspecified atom stereocenters. The minimum absolute atomic E-state index is 0.410. The van der Waals surface area contributed by atoms with Gasteiger partial charge in [-0.1, -0.05) is 232 Å². The van der Waals surface area contributed by atoms with Crippen LogP contribution >= 0.6 is 24.8 Å². The van der Waals surface area contributed by atoms with Gasteiger partial charge in [0.05, 0.1) is 25.2 Å². The average molecular weight is 867 g/mol. The number of rotatable bonds is 15. The molecule has 0 spiro atoms. The third kappa shape index (κ3) is 9.29. The van der Waals surface area contributed by atoms with Crippen LogP contribution in [0.3, 0.4) is 0 Å². The molecule has 6 rings (SSSR count). The maximum atomic E-state index is 14.2. The molecule has 4 nitrogen and oxygen atoms in total. The monoisotopic (exact) mass is 866 g/mol. The predicted molar refractivity (Wildman–Crippen MR) is 266 cm³/mol. The van der Waals surface area contributed by atoms with Crippen molar-refractivity contribution in [1.29, 1.82) is 0 Å². The van der Waals surface area contributed by atoms with Crippen LogP contribution in [0.2, 0.25) is 0 Å². The number of thiocarbonyl (C=S) groups is 1. The lowest BCUT2D eigenvalue weighted by Gasteiger charge is -2.49. The van der Waals surface area contributed by atoms with Crippen LogP contribution in [0.4, 0.5) is 0 Å². The van der Waals surface area contributed by atoms with Crippen LogP contribution in [-0.4, -0.2) is 44.4 Å². The fourth-order valence-corrected chi connectivity index (χ4v) is 8.80. The fourth-order valence-electron chi connectivity index (χ4n) is 8.80. The second kappa shape index (κ2) is 19.6. The third-order valence-electron chi connectivity index (χ3n) is 13.6. The Hall–Kier alpha value is -4.40. The lowest BCUT2D eigenvalue weighted by Crippen LogP contribution is -2.56. The summed E-state index contributed by atoms with van der Waals surface area (Å²) >= 11 is 8.39. The number of aliphatic hydroxyl groups excluding tert-OH is 3. The first-order valence-electron chi connectivity index (χ1n) is 21.6. The van der Waals surface area contributed by atoms with Gasteiger partial charge in [0.15, 0.2) is 0 Å². The molecular formula is C56H66O4S2. The second-order valence-electron chi connectivity index (χ2n) is 18.7. The van der Waals surface area contributed by atoms with Gasteiger partial charge in [-0.25, -0.2) is 0 Å². The Balaban J connectivity index is 0.00000137. The molecule has 0 aliphatic carbocycles. The lowest BCUT2D eigenvalue weighted by atomic mass is 9.58. The van der Waals surface area contributed by atoms with Crippen molar-refractivity contribution in [2.24, 2.45) is 5.41 Å². The van der Waals surface area contributed by atoms with Gasteiger partial charge in [0.25, 0.3) is 0 Å². The molecule has 0 aliphatic rings. The summed E-state index contributed by atoms with van der Waals surface area (Å²) in [5, 5.41) is 48.5. The van der Waals surface area contributed by atoms with Gasteiger partial charge in [-0.05, 0) is 62.1 Å². The molecule has 0 heterocycles. The highest BCUT2D eigenvalue weighted by Crippen LogP contribution is 2.53. The Labute approximate surface area is 382 Å². The first kappa shape index (κ1) is 48.6. The smallest absolute Gasteiger partial charge is 0.127 e. The summed E-state index contributed by atoms with van der Waals surface area (Å²) in [7, 11) is 0. The van der Waals surface area contributed by atoms with Crippen molar-refractivity contribution in [3.63, 3.8) is 0 Å². The lowest BCUT2D eigenvalue weighted by molar-refractivity contribution is -0.137. The summed E-state index contributed by atoms with van der Waals surface area (Å²) in [6.07, 6.45) is 0.901. The molecule has 4 N–H and O–H groups in total. The first-order valence-corrected chi connectivity index (χ1v) is 22.4. The molecule has 0 bridgehead atoms. The van der Waals surface area contributed by atoms with E-state index in [9.17, 15) is 20.4 Å². The number of hydrogen-bond acceptors (Lipinski definition) is 5. The fraction of sp³-hybridized carbons (Fsp3) is 0.339. The Morgan fingerprint density at radius 1 is 0.419 bits per heavy atom. The van der Waals surface area contributed by atoms with E-state index in [0.29, 0.717) is 11.1 Å². The molecule has 0 aliphatic heterocycles. The zero-order chi connectivity index (χ0) is 45.6. The Morgan fingerprint density at radius 3 is 0.919 bits per heavy atom. The Morgan fingerprint density at radius 2 is 0.677 bits per heavy atom. The molecule has 0 fully saturated rings. The predicted octanol–water partition coefficient (Wildman–Crippen LogP) is 11.8. The largest absolute Gasteiger partial charge is 0.395 e. The van der Waals surface area contributed by atoms with E-state index in [0.717, 1.165) is 55.1 Å². The Kier molecular flexibility index (Phi) is 15.3. The minimum atomic E-state index is -2.10. The van der Waals surface area contributed by atoms with Gasteiger partial charge >= 0.3 is 0 Å². The second-order valence-corrected chi connectivity index (χ2v) is 20.0. The highest BCUT2D eigenvalue weighted by Gasteiger charge is 2.56. The van der Waals surface area contributed by atoms with Gasteiger partial charge in [0.2, 0.25) is 0 Å². The molecule has 0 atom stereocenters. The Bertz CT molecular complexity index is 2230. The maximum absolute atomic E-state index is 14.2. The van der Waals surface area contributed by atoms with Gasteiger partial charge < -0.3 is 20.4 Å². The van der Waals surface area contributed by atoms with Gasteiger partial charge in [0, 0.05) is 25.9 Å². The van der Waals surface area contributed by atoms with Gasteiger partial charge in [0.1, 0.15) is 5.60 Å². The third-order valence-corrected chi connectivity index (χ3v) is 14.2. The molecule has 6 aromatic carbocycles. The molecule has 0 amide bonds. The van der Waals surface area contributed by atoms with E-state index in [4.69, 9.17) is 0 Å². The summed E-state index contributed by atoms with van der Waals surface area (Å²) in [5.74, 6) is 0. The quantitative estimate of drug-likeness (QED) is 0.0525. The molecule has 6 heteroatoms. The van der Waals surface area contributed by atoms with Crippen molar-refractivity contribution in [2.75, 3.05) is 19.8 Å². The highest BCUT2D eigenvalue weighted by molar-refractivity contribution is 8.11. The summed E-state index contributed by atoms with van der Waals surface area (Å²) in [6, 6.07) is 53.7. The molecule has 62 heavy (non-hydrogen) atoms. The van der Waals surface area contributed by atoms with Crippen LogP contribution in [0, 0.1) is 5.41 Å². The summed E-state index contributed by atoms with van der Waals surface area (Å²) in [4.78, 5) is 0. The topological polar surface area (TPSA) is 80.9 Å². The summed E-state index contributed by atoms with van der Waals surface area (Å²) in [6.45, 7) is 17.4. The maximum Gasteiger partial charge on any atom is 0.127 e. The van der Waals surface area contributed by atoms with Gasteiger partial charge in [-0.3, -0.25) is 0 Å². The van der Waals surface area contributed by atoms with Gasteiger partial charge in [-0.15, -0.1) is 12.6 Å². The van der Waals surface area contributed by atoms with E-state index in [1.54, 1.807) is 0 Å². The van der Waals surface area contributed by atoms with Crippen LogP contribution in [0.5, 0.6) is 0 Å². The minimum Gasteiger partial charge on any atom is -0.395 e. The van der Waals surface area contributed by atoms with Crippen molar-refractivity contribution in [1.82, 2.24) is 0 Å². The van der Waals surface area contributed by atoms with Gasteiger partial charge in [-0.2, -0.15) is 0 Å². The van der Waals surface area contributed by atoms with Crippen LogP contribution in [-0.2, 0) is 27.3 Å². The summed E-state index contributed by atoms with van der Waals surface area (Å²) in [5.41, 5.74) is 3.08. The van der Waals surface area contributed by atoms with Crippen LogP contribution in [0.25, 0.3) is 0 Å². The molecule has 0 saturated carbocycles. The number of benzene rings is 6. The van der Waals surface area contributed by atoms with Crippen molar-refractivity contribution < 1.29 is 20.4 Å². The normalized spacial score (nSPS) is 12.7. The molecular weight excluding hydrogens is 801 g/mol. The van der Waals surface area contributed by atoms with Crippen molar-refractivity contribution in [3.8, 4) is 0 Å². The molecule has 0 aromatic heterocycles. The van der Waals surface area contributed by atoms with E-state index in [-0.39, 0.29) is 0 Å². The SMILES string of the molecule is CC(C)(c1ccccc1)c1ccc(C(O)(c2ccc(C(C)(C)c3ccccc3)cc2C(C)(C)c2ccccc2)C(CO)(CO)CO)c(C(C)(C)c2ccccc2)c1.CCC(=S)S. The molecule has 326 valence electrons. The van der Waals surface area contributed by atoms with E-state index in [2.05, 4.69) is 177 Å². The van der Waals surface area contributed by atoms with Crippen molar-refractivity contribution in [2.45, 2.75) is 96.0 Å². The van der Waals surface area contributed by atoms with E-state index in [1.807, 2.05) is 67.6 Å². The number of hydrogen-bond donors (Lipinski definition) is 5. The molecule has 0 radical (unpaired) electrons. The number of aliphatic hydroxyl groups is 4. The number of thiol groups is 1. The van der Waals surface area contributed by atoms with E-state index in [1.165, 1.54) is 0 Å². The summed E-state index contributed by atoms with van der Waals surface area (Å²) < 4.78 is 0.782. The van der Waals surface area contributed by atoms with Crippen molar-refractivity contribution in [3.05, 3.63) is 213 Å². The highest BCUT2D eigenvalue weighted by atomic mass is 32.1. The van der Waals surface area contributed by atoms with E-state index < -0.39 is 52.5 Å². The van der Waals surface area contributed by atoms with Crippen LogP contribution < -0.4 is 0 Å². The first-order chi connectivity index (χ1) is 29.3. The zero-order valence-electron chi connectivity index (χ0n) is 38.0. The zero-order valence-corrected chi connectivity index (χ0v) is 39.7. The van der Waals surface area contributed by atoms with Crippen molar-refractivity contribution >= 4 is 29.0 Å². The molecule has 0 saturated heterocycles. The van der Waals surface area contributed by atoms with E-state index >= 15 is 0 Å². The molecule has 6 aromatic rings. The average Bonchev–Trinajstić information content (AvgIpc) is 3.30. The van der Waals surface area contributed by atoms with Crippen LogP contribution in [0.15, 0.2) is 158 Å². The standard InChI is InChI=1S/C53H60O4.C3H6S2/c1-48(2,38-21-13-9-14-22-38)42-29-31-44(46(33-42)50(5,6)40-25-17-11-18-26-40)53(57,52(35-54,36-55)37-56)45-32-30-43(49(3,4)39-23-15-10-16-24-39)34-47(45)51(7,8)41-27-19-12-20-28-41;1-2-3(4)5/h9-34,54-57H,35-37H2,1-8H3;2H2,1H3,(H,4,5). The van der Waals surface area contributed by atoms with Crippen LogP contribution in [0.1, 0.15) is 124 Å².